The number of carbonyl (C=O) groups excluding carboxylic acids is 1. The first-order chi connectivity index (χ1) is 14.1. The van der Waals surface area contributed by atoms with Crippen molar-refractivity contribution in [1.29, 1.82) is 0 Å². The Labute approximate surface area is 173 Å². The molecular weight excluding hydrogens is 382 g/mol. The molecule has 0 aliphatic heterocycles. The molecule has 0 fully saturated rings. The van der Waals surface area contributed by atoms with Gasteiger partial charge in [0.2, 0.25) is 0 Å². The second kappa shape index (κ2) is 8.13. The highest BCUT2D eigenvalue weighted by molar-refractivity contribution is 7.22. The molecule has 4 rings (SSSR count). The van der Waals surface area contributed by atoms with E-state index in [0.717, 1.165) is 22.2 Å². The van der Waals surface area contributed by atoms with Gasteiger partial charge in [-0.25, -0.2) is 4.98 Å². The first kappa shape index (κ1) is 19.3. The Hall–Kier alpha value is -3.06. The van der Waals surface area contributed by atoms with Gasteiger partial charge in [0.05, 0.1) is 16.8 Å². The van der Waals surface area contributed by atoms with Crippen molar-refractivity contribution in [3.05, 3.63) is 71.8 Å². The van der Waals surface area contributed by atoms with Crippen LogP contribution in [0.25, 0.3) is 10.2 Å². The summed E-state index contributed by atoms with van der Waals surface area (Å²) in [6, 6.07) is 12.0. The third-order valence-corrected chi connectivity index (χ3v) is 5.81. The van der Waals surface area contributed by atoms with Crippen molar-refractivity contribution in [1.82, 2.24) is 19.7 Å². The molecule has 0 aliphatic carbocycles. The second-order valence-electron chi connectivity index (χ2n) is 7.14. The Bertz CT molecular complexity index is 1130. The Balaban J connectivity index is 1.76. The predicted octanol–water partition coefficient (Wildman–Crippen LogP) is 4.88. The average molecular weight is 406 g/mol. The Morgan fingerprint density at radius 1 is 1.21 bits per heavy atom. The minimum absolute atomic E-state index is 0.162. The van der Waals surface area contributed by atoms with Crippen molar-refractivity contribution in [3.63, 3.8) is 0 Å². The van der Waals surface area contributed by atoms with Gasteiger partial charge in [0, 0.05) is 24.6 Å². The van der Waals surface area contributed by atoms with Crippen molar-refractivity contribution in [2.75, 3.05) is 4.90 Å². The topological polar surface area (TPSA) is 63.9 Å². The van der Waals surface area contributed by atoms with Gasteiger partial charge in [0.15, 0.2) is 10.8 Å². The van der Waals surface area contributed by atoms with Gasteiger partial charge < -0.3 is 0 Å². The fourth-order valence-corrected chi connectivity index (χ4v) is 4.18. The van der Waals surface area contributed by atoms with E-state index in [1.807, 2.05) is 38.2 Å². The number of amides is 1. The van der Waals surface area contributed by atoms with Gasteiger partial charge in [-0.2, -0.15) is 5.10 Å². The molecule has 1 amide bonds. The number of anilines is 1. The Kier molecular flexibility index (Phi) is 5.40. The van der Waals surface area contributed by atoms with Crippen molar-refractivity contribution < 1.29 is 4.79 Å². The van der Waals surface area contributed by atoms with E-state index in [2.05, 4.69) is 29.1 Å². The number of aryl methyl sites for hydroxylation is 1. The molecule has 3 heterocycles. The van der Waals surface area contributed by atoms with Gasteiger partial charge in [-0.05, 0) is 49.6 Å². The number of nitrogens with zero attached hydrogens (tertiary/aromatic N) is 5. The van der Waals surface area contributed by atoms with E-state index in [1.54, 1.807) is 28.0 Å². The number of thiazole rings is 1. The molecular formula is C22H23N5OS. The molecule has 6 nitrogen and oxygen atoms in total. The molecule has 4 aromatic rings. The fourth-order valence-electron chi connectivity index (χ4n) is 3.17. The van der Waals surface area contributed by atoms with E-state index >= 15 is 0 Å². The van der Waals surface area contributed by atoms with E-state index in [9.17, 15) is 4.79 Å². The van der Waals surface area contributed by atoms with Gasteiger partial charge in [0.25, 0.3) is 5.91 Å². The number of para-hydroxylation sites is 1. The standard InChI is InChI=1S/C22H23N5OS/c1-4-17-8-5-9-19-20(17)24-22(29-19)26(14-16-7-6-11-23-13-16)21(28)18-10-12-27(25-18)15(2)3/h5-13,15H,4,14H2,1-3H3. The second-order valence-corrected chi connectivity index (χ2v) is 8.15. The van der Waals surface area contributed by atoms with Gasteiger partial charge in [-0.15, -0.1) is 0 Å². The van der Waals surface area contributed by atoms with Crippen LogP contribution in [0.5, 0.6) is 0 Å². The molecule has 0 aliphatic rings. The molecule has 7 heteroatoms. The number of hydrogen-bond acceptors (Lipinski definition) is 5. The number of rotatable bonds is 6. The van der Waals surface area contributed by atoms with Crippen LogP contribution in [0.1, 0.15) is 48.4 Å². The van der Waals surface area contributed by atoms with E-state index in [1.165, 1.54) is 16.9 Å². The molecule has 0 saturated carbocycles. The maximum Gasteiger partial charge on any atom is 0.280 e. The molecule has 0 radical (unpaired) electrons. The summed E-state index contributed by atoms with van der Waals surface area (Å²) in [6.45, 7) is 6.58. The summed E-state index contributed by atoms with van der Waals surface area (Å²) in [4.78, 5) is 24.1. The van der Waals surface area contributed by atoms with Crippen molar-refractivity contribution in [2.24, 2.45) is 0 Å². The zero-order valence-corrected chi connectivity index (χ0v) is 17.6. The Morgan fingerprint density at radius 3 is 2.76 bits per heavy atom. The normalized spacial score (nSPS) is 11.3. The lowest BCUT2D eigenvalue weighted by molar-refractivity contribution is 0.0979. The van der Waals surface area contributed by atoms with Gasteiger partial charge in [-0.3, -0.25) is 19.4 Å². The van der Waals surface area contributed by atoms with Crippen molar-refractivity contribution in [3.8, 4) is 0 Å². The summed E-state index contributed by atoms with van der Waals surface area (Å²) < 4.78 is 2.87. The third kappa shape index (κ3) is 3.91. The average Bonchev–Trinajstić information content (AvgIpc) is 3.39. The minimum Gasteiger partial charge on any atom is -0.278 e. The zero-order valence-electron chi connectivity index (χ0n) is 16.7. The fraction of sp³-hybridized carbons (Fsp3) is 0.273. The lowest BCUT2D eigenvalue weighted by atomic mass is 10.1. The zero-order chi connectivity index (χ0) is 20.4. The predicted molar refractivity (Wildman–Crippen MR) is 116 cm³/mol. The van der Waals surface area contributed by atoms with Crippen molar-refractivity contribution in [2.45, 2.75) is 39.8 Å². The van der Waals surface area contributed by atoms with Crippen LogP contribution in [0.2, 0.25) is 0 Å². The number of hydrogen-bond donors (Lipinski definition) is 0. The molecule has 0 saturated heterocycles. The summed E-state index contributed by atoms with van der Waals surface area (Å²) in [6.07, 6.45) is 6.24. The quantitative estimate of drug-likeness (QED) is 0.459. The highest BCUT2D eigenvalue weighted by Crippen LogP contribution is 2.32. The van der Waals surface area contributed by atoms with Crippen LogP contribution in [-0.2, 0) is 13.0 Å². The highest BCUT2D eigenvalue weighted by atomic mass is 32.1. The first-order valence-electron chi connectivity index (χ1n) is 9.71. The minimum atomic E-state index is -0.162. The summed E-state index contributed by atoms with van der Waals surface area (Å²) in [5.74, 6) is -0.162. The number of fused-ring (bicyclic) bond motifs is 1. The lowest BCUT2D eigenvalue weighted by Crippen LogP contribution is -2.31. The summed E-state index contributed by atoms with van der Waals surface area (Å²) >= 11 is 1.53. The molecule has 1 aromatic carbocycles. The van der Waals surface area contributed by atoms with Gasteiger partial charge >= 0.3 is 0 Å². The molecule has 0 spiro atoms. The van der Waals surface area contributed by atoms with Gasteiger partial charge in [-0.1, -0.05) is 36.5 Å². The number of pyridine rings is 1. The molecule has 0 unspecified atom stereocenters. The third-order valence-electron chi connectivity index (χ3n) is 4.77. The van der Waals surface area contributed by atoms with Crippen LogP contribution in [0.4, 0.5) is 5.13 Å². The Morgan fingerprint density at radius 2 is 2.07 bits per heavy atom. The molecule has 29 heavy (non-hydrogen) atoms. The molecule has 0 bridgehead atoms. The largest absolute Gasteiger partial charge is 0.280 e. The summed E-state index contributed by atoms with van der Waals surface area (Å²) in [5.41, 5.74) is 3.51. The van der Waals surface area contributed by atoms with E-state index in [0.29, 0.717) is 17.4 Å². The van der Waals surface area contributed by atoms with Crippen LogP contribution >= 0.6 is 11.3 Å². The van der Waals surface area contributed by atoms with Crippen LogP contribution in [0, 0.1) is 0 Å². The number of aromatic nitrogens is 4. The van der Waals surface area contributed by atoms with Gasteiger partial charge in [0.1, 0.15) is 0 Å². The van der Waals surface area contributed by atoms with E-state index in [4.69, 9.17) is 4.98 Å². The maximum absolute atomic E-state index is 13.4. The maximum atomic E-state index is 13.4. The molecule has 0 atom stereocenters. The SMILES string of the molecule is CCc1cccc2sc(N(Cc3cccnc3)C(=O)c3ccn(C(C)C)n3)nc12. The van der Waals surface area contributed by atoms with Crippen LogP contribution in [0.3, 0.4) is 0 Å². The highest BCUT2D eigenvalue weighted by Gasteiger charge is 2.24. The molecule has 148 valence electrons. The molecule has 0 N–H and O–H groups in total. The lowest BCUT2D eigenvalue weighted by Gasteiger charge is -2.19. The van der Waals surface area contributed by atoms with Crippen LogP contribution in [0.15, 0.2) is 55.0 Å². The monoisotopic (exact) mass is 405 g/mol. The smallest absolute Gasteiger partial charge is 0.278 e. The number of carbonyl (C=O) groups is 1. The van der Waals surface area contributed by atoms with Crippen molar-refractivity contribution >= 4 is 32.6 Å². The van der Waals surface area contributed by atoms with E-state index in [-0.39, 0.29) is 11.9 Å². The van der Waals surface area contributed by atoms with E-state index < -0.39 is 0 Å². The summed E-state index contributed by atoms with van der Waals surface area (Å²) in [5, 5.41) is 5.15. The summed E-state index contributed by atoms with van der Waals surface area (Å²) in [7, 11) is 0. The first-order valence-corrected chi connectivity index (χ1v) is 10.5. The van der Waals surface area contributed by atoms with Crippen LogP contribution in [-0.4, -0.2) is 25.7 Å². The molecule has 3 aromatic heterocycles. The van der Waals surface area contributed by atoms with Crippen LogP contribution < -0.4 is 4.90 Å². The number of benzene rings is 1.